The highest BCUT2D eigenvalue weighted by molar-refractivity contribution is 7.32. The third-order valence-electron chi connectivity index (χ3n) is 6.35. The Balaban J connectivity index is 1.76. The summed E-state index contributed by atoms with van der Waals surface area (Å²) in [6, 6.07) is 9.21. The van der Waals surface area contributed by atoms with Gasteiger partial charge in [0.15, 0.2) is 0 Å². The van der Waals surface area contributed by atoms with Gasteiger partial charge in [-0.1, -0.05) is 34.8 Å². The largest absolute Gasteiger partial charge is 0.696 e. The molecule has 0 amide bonds. The minimum atomic E-state index is -3.15. The van der Waals surface area contributed by atoms with E-state index >= 15 is 0 Å². The first kappa shape index (κ1) is 24.2. The number of ether oxygens (including phenoxy) is 1. The summed E-state index contributed by atoms with van der Waals surface area (Å²) in [5, 5.41) is 5.05. The molecule has 0 saturated carbocycles. The van der Waals surface area contributed by atoms with E-state index in [9.17, 15) is 19.0 Å². The molecule has 0 fully saturated rings. The fraction of sp³-hybridized carbons (Fsp3) is 0.360. The van der Waals surface area contributed by atoms with Gasteiger partial charge in [-0.3, -0.25) is 4.79 Å². The molecule has 2 aromatic heterocycles. The van der Waals surface area contributed by atoms with Crippen LogP contribution in [0, 0.1) is 0 Å². The average Bonchev–Trinajstić information content (AvgIpc) is 3.18. The van der Waals surface area contributed by atoms with Gasteiger partial charge >= 0.3 is 14.2 Å². The van der Waals surface area contributed by atoms with Crippen molar-refractivity contribution < 1.29 is 28.4 Å². The monoisotopic (exact) mass is 510 g/mol. The highest BCUT2D eigenvalue weighted by Crippen LogP contribution is 2.45. The molecule has 11 heteroatoms. The number of carbonyl (C=O) groups is 1. The van der Waals surface area contributed by atoms with Crippen LogP contribution in [0.1, 0.15) is 56.4 Å². The van der Waals surface area contributed by atoms with Gasteiger partial charge in [0.1, 0.15) is 12.2 Å². The number of rotatable bonds is 5. The van der Waals surface area contributed by atoms with Crippen molar-refractivity contribution in [1.29, 1.82) is 0 Å². The van der Waals surface area contributed by atoms with E-state index in [0.29, 0.717) is 16.9 Å². The first-order chi connectivity index (χ1) is 17.1. The summed E-state index contributed by atoms with van der Waals surface area (Å²) in [4.78, 5) is 46.3. The highest BCUT2D eigenvalue weighted by Gasteiger charge is 2.54. The number of para-hydroxylation sites is 1. The van der Waals surface area contributed by atoms with Gasteiger partial charge in [0, 0.05) is 26.6 Å². The van der Waals surface area contributed by atoms with Gasteiger partial charge in [0.05, 0.1) is 35.2 Å². The number of pyridine rings is 2. The Morgan fingerprint density at radius 3 is 2.72 bits per heavy atom. The van der Waals surface area contributed by atoms with Crippen LogP contribution in [-0.2, 0) is 42.2 Å². The smallest absolute Gasteiger partial charge is 0.458 e. The van der Waals surface area contributed by atoms with E-state index < -0.39 is 25.4 Å². The molecule has 2 aliphatic rings. The molecular formula is C25H25N3O7P+. The van der Waals surface area contributed by atoms with Crippen LogP contribution < -0.4 is 5.56 Å². The average molecular weight is 510 g/mol. The van der Waals surface area contributed by atoms with Crippen molar-refractivity contribution in [2.45, 2.75) is 58.5 Å². The number of esters is 1. The van der Waals surface area contributed by atoms with Gasteiger partial charge in [-0.2, -0.15) is 0 Å². The molecule has 1 aromatic carbocycles. The Bertz CT molecular complexity index is 1520. The van der Waals surface area contributed by atoms with Gasteiger partial charge in [-0.05, 0) is 39.3 Å². The number of fused-ring (bicyclic) bond motifs is 5. The number of carbonyl (C=O) groups excluding carboxylic acids is 1. The van der Waals surface area contributed by atoms with E-state index in [2.05, 4.69) is 5.16 Å². The molecular weight excluding hydrogens is 485 g/mol. The molecule has 186 valence electrons. The number of nitrogens with zero attached hydrogens (tertiary/aromatic N) is 3. The highest BCUT2D eigenvalue weighted by atomic mass is 31.1. The zero-order valence-corrected chi connectivity index (χ0v) is 21.2. The molecule has 5 rings (SSSR count). The number of benzene rings is 1. The van der Waals surface area contributed by atoms with Crippen LogP contribution in [-0.4, -0.2) is 32.2 Å². The summed E-state index contributed by atoms with van der Waals surface area (Å²) in [7, 11) is -3.15. The van der Waals surface area contributed by atoms with Gasteiger partial charge < -0.3 is 14.1 Å². The fourth-order valence-electron chi connectivity index (χ4n) is 4.72. The first-order valence-electron chi connectivity index (χ1n) is 11.5. The van der Waals surface area contributed by atoms with Crippen molar-refractivity contribution in [3.63, 3.8) is 0 Å². The van der Waals surface area contributed by atoms with Crippen molar-refractivity contribution in [2.24, 2.45) is 5.16 Å². The lowest BCUT2D eigenvalue weighted by molar-refractivity contribution is -0.169. The molecule has 0 spiro atoms. The molecule has 1 N–H and O–H groups in total. The Morgan fingerprint density at radius 1 is 1.28 bits per heavy atom. The molecule has 0 aliphatic carbocycles. The van der Waals surface area contributed by atoms with Gasteiger partial charge in [-0.15, -0.1) is 4.89 Å². The Morgan fingerprint density at radius 2 is 2.03 bits per heavy atom. The van der Waals surface area contributed by atoms with Gasteiger partial charge in [-0.25, -0.2) is 9.78 Å². The summed E-state index contributed by atoms with van der Waals surface area (Å²) in [5.41, 5.74) is 0.995. The Labute approximate surface area is 207 Å². The zero-order valence-electron chi connectivity index (χ0n) is 20.3. The normalized spacial score (nSPS) is 19.1. The molecule has 0 bridgehead atoms. The third-order valence-corrected chi connectivity index (χ3v) is 6.82. The van der Waals surface area contributed by atoms with E-state index in [-0.39, 0.29) is 36.3 Å². The Kier molecular flexibility index (Phi) is 5.78. The van der Waals surface area contributed by atoms with E-state index in [1.807, 2.05) is 45.0 Å². The zero-order chi connectivity index (χ0) is 25.8. The molecule has 0 saturated heterocycles. The number of cyclic esters (lactones) is 1. The molecule has 36 heavy (non-hydrogen) atoms. The van der Waals surface area contributed by atoms with Crippen LogP contribution in [0.5, 0.6) is 0 Å². The second-order valence-corrected chi connectivity index (χ2v) is 10.4. The predicted octanol–water partition coefficient (Wildman–Crippen LogP) is 3.90. The number of oxime groups is 1. The number of hydrogen-bond donors (Lipinski definition) is 1. The van der Waals surface area contributed by atoms with Crippen molar-refractivity contribution in [1.82, 2.24) is 9.55 Å². The summed E-state index contributed by atoms with van der Waals surface area (Å²) < 4.78 is 23.7. The maximum atomic E-state index is 13.6. The first-order valence-corrected chi connectivity index (χ1v) is 12.6. The topological polar surface area (TPSA) is 129 Å². The number of aromatic nitrogens is 2. The molecule has 3 aromatic rings. The molecule has 0 radical (unpaired) electrons. The second-order valence-electron chi connectivity index (χ2n) is 9.71. The maximum Gasteiger partial charge on any atom is 0.696 e. The molecule has 2 aliphatic heterocycles. The fourth-order valence-corrected chi connectivity index (χ4v) is 5.29. The SMILES string of the molecule is CC[C@@]1(O[P+](=O)O)C(=O)OCc2c1cc1n(c2=O)Cc2c-1nc1ccccc1c2/C=N/OC(C)(C)C. The maximum absolute atomic E-state index is 13.6. The van der Waals surface area contributed by atoms with Gasteiger partial charge in [0.25, 0.3) is 5.56 Å². The van der Waals surface area contributed by atoms with Crippen LogP contribution >= 0.6 is 8.25 Å². The third kappa shape index (κ3) is 3.82. The van der Waals surface area contributed by atoms with Crippen LogP contribution in [0.15, 0.2) is 40.3 Å². The van der Waals surface area contributed by atoms with Crippen LogP contribution in [0.25, 0.3) is 22.3 Å². The van der Waals surface area contributed by atoms with Crippen LogP contribution in [0.2, 0.25) is 0 Å². The molecule has 1 unspecified atom stereocenters. The summed E-state index contributed by atoms with van der Waals surface area (Å²) in [6.07, 6.45) is 1.64. The predicted molar refractivity (Wildman–Crippen MR) is 132 cm³/mol. The number of hydrogen-bond acceptors (Lipinski definition) is 8. The minimum absolute atomic E-state index is 0.00339. The molecule has 4 heterocycles. The summed E-state index contributed by atoms with van der Waals surface area (Å²) >= 11 is 0. The lowest BCUT2D eigenvalue weighted by Gasteiger charge is -2.31. The van der Waals surface area contributed by atoms with Crippen LogP contribution in [0.4, 0.5) is 0 Å². The summed E-state index contributed by atoms with van der Waals surface area (Å²) in [6.45, 7) is 7.29. The van der Waals surface area contributed by atoms with E-state index in [1.165, 1.54) is 0 Å². The quantitative estimate of drug-likeness (QED) is 0.185. The van der Waals surface area contributed by atoms with Crippen molar-refractivity contribution >= 4 is 31.3 Å². The Hall–Kier alpha value is -3.46. The lowest BCUT2D eigenvalue weighted by Crippen LogP contribution is -2.45. The van der Waals surface area contributed by atoms with E-state index in [4.69, 9.17) is 19.1 Å². The van der Waals surface area contributed by atoms with Crippen LogP contribution in [0.3, 0.4) is 0 Å². The second kappa shape index (κ2) is 8.58. The van der Waals surface area contributed by atoms with E-state index in [1.54, 1.807) is 23.8 Å². The summed E-state index contributed by atoms with van der Waals surface area (Å²) in [5.74, 6) is -0.809. The molecule has 10 nitrogen and oxygen atoms in total. The van der Waals surface area contributed by atoms with Crippen molar-refractivity contribution in [3.05, 3.63) is 62.9 Å². The van der Waals surface area contributed by atoms with E-state index in [0.717, 1.165) is 16.5 Å². The molecule has 2 atom stereocenters. The van der Waals surface area contributed by atoms with Gasteiger partial charge in [0.2, 0.25) is 5.60 Å². The standard InChI is InChI=1S/C25H24N3O7P/c1-5-25(35-36(31)32)18-10-20-21-16(12-28(20)22(29)17(18)13-33-23(25)30)15(11-26-34-24(2,3)4)14-8-6-7-9-19(14)27-21/h6-11H,5,12-13H2,1-4H3/p+1/b26-11+/t25-/m0/s1. The van der Waals surface area contributed by atoms with Crippen molar-refractivity contribution in [3.8, 4) is 11.4 Å². The minimum Gasteiger partial charge on any atom is -0.458 e. The lowest BCUT2D eigenvalue weighted by atomic mass is 9.86. The van der Waals surface area contributed by atoms with Crippen molar-refractivity contribution in [2.75, 3.05) is 0 Å².